The maximum absolute atomic E-state index is 12.3. The number of hydrogen-bond donors (Lipinski definition) is 0. The Morgan fingerprint density at radius 1 is 1.38 bits per heavy atom. The number of ether oxygens (including phenoxy) is 1. The minimum Gasteiger partial charge on any atom is -1.00 e. The zero-order valence-electron chi connectivity index (χ0n) is 12.7. The first-order chi connectivity index (χ1) is 9.48. The summed E-state index contributed by atoms with van der Waals surface area (Å²) in [6.45, 7) is 4.97. The first-order valence-corrected chi connectivity index (χ1v) is 6.95. The van der Waals surface area contributed by atoms with E-state index in [1.54, 1.807) is 12.1 Å². The summed E-state index contributed by atoms with van der Waals surface area (Å²) in [5, 5.41) is 0. The fourth-order valence-corrected chi connectivity index (χ4v) is 2.73. The van der Waals surface area contributed by atoms with E-state index in [9.17, 15) is 4.79 Å². The van der Waals surface area contributed by atoms with E-state index >= 15 is 0 Å². The molecule has 3 nitrogen and oxygen atoms in total. The number of piperidine rings is 1. The van der Waals surface area contributed by atoms with Crippen LogP contribution in [0.2, 0.25) is 0 Å². The third kappa shape index (κ3) is 3.58. The number of esters is 1. The molecule has 114 valence electrons. The minimum absolute atomic E-state index is 0. The highest BCUT2D eigenvalue weighted by Gasteiger charge is 2.44. The van der Waals surface area contributed by atoms with Gasteiger partial charge in [-0.25, -0.2) is 4.79 Å². The largest absolute Gasteiger partial charge is 1.00 e. The molecule has 0 radical (unpaired) electrons. The molecule has 1 aromatic rings. The minimum atomic E-state index is -0.807. The van der Waals surface area contributed by atoms with Crippen molar-refractivity contribution in [3.8, 4) is 12.3 Å². The summed E-state index contributed by atoms with van der Waals surface area (Å²) in [5.41, 5.74) is -0.264. The highest BCUT2D eigenvalue weighted by molar-refractivity contribution is 5.89. The lowest BCUT2D eigenvalue weighted by atomic mass is 9.79. The number of terminal acetylenes is 1. The number of likely N-dealkylation sites (tertiary alicyclic amines) is 1. The van der Waals surface area contributed by atoms with Crippen molar-refractivity contribution >= 4 is 5.97 Å². The van der Waals surface area contributed by atoms with Crippen molar-refractivity contribution in [1.82, 2.24) is 4.90 Å². The zero-order chi connectivity index (χ0) is 14.8. The van der Waals surface area contributed by atoms with Gasteiger partial charge in [0.05, 0.1) is 5.56 Å². The van der Waals surface area contributed by atoms with Crippen LogP contribution in [-0.2, 0) is 4.74 Å². The average molecular weight is 307 g/mol. The van der Waals surface area contributed by atoms with Crippen molar-refractivity contribution in [3.05, 3.63) is 35.9 Å². The molecule has 1 heterocycles. The van der Waals surface area contributed by atoms with Gasteiger partial charge in [0.2, 0.25) is 0 Å². The van der Waals surface area contributed by atoms with Crippen LogP contribution in [0.5, 0.6) is 0 Å². The molecule has 1 aromatic carbocycles. The Hall–Kier alpha value is -1.50. The van der Waals surface area contributed by atoms with Crippen molar-refractivity contribution in [2.24, 2.45) is 5.92 Å². The molecule has 3 atom stereocenters. The molecule has 1 fully saturated rings. The molecular formula is C17H21ClNO2-. The van der Waals surface area contributed by atoms with Crippen LogP contribution in [-0.4, -0.2) is 36.1 Å². The van der Waals surface area contributed by atoms with Crippen LogP contribution in [0.25, 0.3) is 0 Å². The number of carbonyl (C=O) groups is 1. The van der Waals surface area contributed by atoms with Crippen LogP contribution in [0.4, 0.5) is 0 Å². The predicted molar refractivity (Wildman–Crippen MR) is 79.3 cm³/mol. The number of carbonyl (C=O) groups excluding carboxylic acids is 1. The van der Waals surface area contributed by atoms with E-state index in [0.717, 1.165) is 6.54 Å². The van der Waals surface area contributed by atoms with Gasteiger partial charge >= 0.3 is 5.97 Å². The number of nitrogens with zero attached hydrogens (tertiary/aromatic N) is 1. The summed E-state index contributed by atoms with van der Waals surface area (Å²) in [7, 11) is 2.07. The molecular weight excluding hydrogens is 286 g/mol. The molecule has 0 amide bonds. The summed E-state index contributed by atoms with van der Waals surface area (Å²) >= 11 is 0. The summed E-state index contributed by atoms with van der Waals surface area (Å²) < 4.78 is 5.74. The highest BCUT2D eigenvalue weighted by Crippen LogP contribution is 2.34. The maximum Gasteiger partial charge on any atom is 0.339 e. The van der Waals surface area contributed by atoms with E-state index in [4.69, 9.17) is 11.2 Å². The monoisotopic (exact) mass is 306 g/mol. The van der Waals surface area contributed by atoms with E-state index in [1.807, 2.05) is 25.1 Å². The summed E-state index contributed by atoms with van der Waals surface area (Å²) in [4.78, 5) is 14.5. The molecule has 0 saturated carbocycles. The summed E-state index contributed by atoms with van der Waals surface area (Å²) in [6, 6.07) is 9.30. The molecule has 0 aliphatic carbocycles. The lowest BCUT2D eigenvalue weighted by Crippen LogP contribution is -3.00. The van der Waals surface area contributed by atoms with Crippen LogP contribution >= 0.6 is 0 Å². The Morgan fingerprint density at radius 2 is 2.00 bits per heavy atom. The van der Waals surface area contributed by atoms with Crippen LogP contribution < -0.4 is 12.4 Å². The molecule has 1 saturated heterocycles. The quantitative estimate of drug-likeness (QED) is 0.549. The summed E-state index contributed by atoms with van der Waals surface area (Å²) in [6.07, 6.45) is 6.38. The number of rotatable bonds is 2. The van der Waals surface area contributed by atoms with Gasteiger partial charge in [-0.15, -0.1) is 6.42 Å². The molecule has 0 N–H and O–H groups in total. The Morgan fingerprint density at radius 3 is 2.57 bits per heavy atom. The Balaban J connectivity index is 0.00000220. The number of benzene rings is 1. The third-order valence-corrected chi connectivity index (χ3v) is 4.24. The second-order valence-corrected chi connectivity index (χ2v) is 5.68. The fourth-order valence-electron chi connectivity index (χ4n) is 2.73. The Kier molecular flexibility index (Phi) is 5.83. The number of hydrogen-bond acceptors (Lipinski definition) is 3. The van der Waals surface area contributed by atoms with Gasteiger partial charge in [0.1, 0.15) is 0 Å². The average Bonchev–Trinajstić information content (AvgIpc) is 2.45. The van der Waals surface area contributed by atoms with Crippen molar-refractivity contribution in [3.63, 3.8) is 0 Å². The molecule has 1 aliphatic heterocycles. The first-order valence-electron chi connectivity index (χ1n) is 6.95. The van der Waals surface area contributed by atoms with Crippen molar-refractivity contribution < 1.29 is 21.9 Å². The fraction of sp³-hybridized carbons (Fsp3) is 0.471. The van der Waals surface area contributed by atoms with E-state index in [1.165, 1.54) is 0 Å². The van der Waals surface area contributed by atoms with Gasteiger partial charge < -0.3 is 22.0 Å². The first kappa shape index (κ1) is 17.6. The third-order valence-electron chi connectivity index (χ3n) is 4.24. The van der Waals surface area contributed by atoms with Crippen molar-refractivity contribution in [1.29, 1.82) is 0 Å². The van der Waals surface area contributed by atoms with E-state index < -0.39 is 5.60 Å². The van der Waals surface area contributed by atoms with Gasteiger partial charge in [-0.3, -0.25) is 0 Å². The molecule has 0 spiro atoms. The lowest BCUT2D eigenvalue weighted by Gasteiger charge is -2.45. The topological polar surface area (TPSA) is 29.5 Å². The second-order valence-electron chi connectivity index (χ2n) is 5.68. The number of halogens is 1. The Labute approximate surface area is 133 Å². The second kappa shape index (κ2) is 6.98. The zero-order valence-corrected chi connectivity index (χ0v) is 13.4. The van der Waals surface area contributed by atoms with Gasteiger partial charge in [-0.05, 0) is 26.1 Å². The van der Waals surface area contributed by atoms with Crippen LogP contribution in [0.1, 0.15) is 30.6 Å². The molecule has 0 aromatic heterocycles. The molecule has 2 rings (SSSR count). The van der Waals surface area contributed by atoms with Gasteiger partial charge in [-0.1, -0.05) is 31.0 Å². The SMILES string of the molecule is C#CC1(OC(=O)c2ccccc2)CC(C)N(C)CC1C.[Cl-]. The lowest BCUT2D eigenvalue weighted by molar-refractivity contribution is -0.0582. The molecule has 21 heavy (non-hydrogen) atoms. The highest BCUT2D eigenvalue weighted by atomic mass is 35.5. The normalized spacial score (nSPS) is 29.0. The van der Waals surface area contributed by atoms with E-state index in [0.29, 0.717) is 18.0 Å². The molecule has 4 heteroatoms. The smallest absolute Gasteiger partial charge is 0.339 e. The Bertz CT molecular complexity index is 525. The van der Waals surface area contributed by atoms with E-state index in [-0.39, 0.29) is 24.3 Å². The van der Waals surface area contributed by atoms with E-state index in [2.05, 4.69) is 24.8 Å². The van der Waals surface area contributed by atoms with Crippen molar-refractivity contribution in [2.45, 2.75) is 31.9 Å². The standard InChI is InChI=1S/C17H21NO2.ClH/c1-5-17(11-14(3)18(4)12-13(17)2)20-16(19)15-9-7-6-8-10-15;/h1,6-10,13-14H,11-12H2,2-4H3;1H/p-1. The molecule has 3 unspecified atom stereocenters. The van der Waals surface area contributed by atoms with Crippen molar-refractivity contribution in [2.75, 3.05) is 13.6 Å². The van der Waals surface area contributed by atoms with Gasteiger partial charge in [0.25, 0.3) is 0 Å². The predicted octanol–water partition coefficient (Wildman–Crippen LogP) is -0.420. The molecule has 0 bridgehead atoms. The maximum atomic E-state index is 12.3. The molecule has 1 aliphatic rings. The van der Waals surface area contributed by atoms with Crippen LogP contribution in [0, 0.1) is 18.3 Å². The van der Waals surface area contributed by atoms with Gasteiger partial charge in [0, 0.05) is 24.9 Å². The van der Waals surface area contributed by atoms with Gasteiger partial charge in [-0.2, -0.15) is 0 Å². The summed E-state index contributed by atoms with van der Waals surface area (Å²) in [5.74, 6) is 2.52. The van der Waals surface area contributed by atoms with Crippen LogP contribution in [0.3, 0.4) is 0 Å². The van der Waals surface area contributed by atoms with Crippen LogP contribution in [0.15, 0.2) is 30.3 Å². The van der Waals surface area contributed by atoms with Gasteiger partial charge in [0.15, 0.2) is 5.60 Å².